The monoisotopic (exact) mass is 361 g/mol. The van der Waals surface area contributed by atoms with Gasteiger partial charge in [0.2, 0.25) is 5.91 Å². The van der Waals surface area contributed by atoms with Crippen molar-refractivity contribution in [2.24, 2.45) is 0 Å². The van der Waals surface area contributed by atoms with Gasteiger partial charge in [0.25, 0.3) is 0 Å². The summed E-state index contributed by atoms with van der Waals surface area (Å²) in [6.07, 6.45) is 3.15. The number of carbonyl (C=O) groups excluding carboxylic acids is 1. The molecule has 4 nitrogen and oxygen atoms in total. The summed E-state index contributed by atoms with van der Waals surface area (Å²) >= 11 is 3.35. The Labute approximate surface area is 137 Å². The Morgan fingerprint density at radius 3 is 2.45 bits per heavy atom. The van der Waals surface area contributed by atoms with Crippen LogP contribution in [0.2, 0.25) is 0 Å². The molecule has 0 aliphatic heterocycles. The van der Waals surface area contributed by atoms with Crippen LogP contribution < -0.4 is 14.8 Å². The highest BCUT2D eigenvalue weighted by Crippen LogP contribution is 2.31. The third-order valence-corrected chi connectivity index (χ3v) is 3.49. The van der Waals surface area contributed by atoms with E-state index in [1.54, 1.807) is 26.4 Å². The van der Waals surface area contributed by atoms with Crippen LogP contribution in [-0.4, -0.2) is 20.1 Å². The van der Waals surface area contributed by atoms with Gasteiger partial charge in [-0.3, -0.25) is 4.79 Å². The van der Waals surface area contributed by atoms with Gasteiger partial charge in [-0.05, 0) is 36.4 Å². The van der Waals surface area contributed by atoms with E-state index < -0.39 is 0 Å². The van der Waals surface area contributed by atoms with Gasteiger partial charge in [0.1, 0.15) is 0 Å². The first-order chi connectivity index (χ1) is 10.6. The quantitative estimate of drug-likeness (QED) is 0.814. The van der Waals surface area contributed by atoms with Crippen LogP contribution in [0.4, 0.5) is 5.69 Å². The van der Waals surface area contributed by atoms with Crippen LogP contribution in [0.3, 0.4) is 0 Å². The summed E-state index contributed by atoms with van der Waals surface area (Å²) in [4.78, 5) is 11.9. The van der Waals surface area contributed by atoms with Gasteiger partial charge in [0.05, 0.1) is 14.2 Å². The van der Waals surface area contributed by atoms with E-state index in [1.165, 1.54) is 6.08 Å². The third-order valence-electron chi connectivity index (χ3n) is 2.96. The number of nitrogens with one attached hydrogen (secondary N) is 1. The number of hydrogen-bond acceptors (Lipinski definition) is 3. The van der Waals surface area contributed by atoms with E-state index in [2.05, 4.69) is 21.2 Å². The number of anilines is 1. The lowest BCUT2D eigenvalue weighted by Crippen LogP contribution is -2.07. The molecular formula is C17H16BrNO3. The first-order valence-corrected chi connectivity index (χ1v) is 7.39. The van der Waals surface area contributed by atoms with Crippen molar-refractivity contribution in [2.75, 3.05) is 19.5 Å². The molecule has 0 atom stereocenters. The molecule has 0 fully saturated rings. The number of halogens is 1. The molecule has 2 aromatic rings. The first kappa shape index (κ1) is 16.1. The summed E-state index contributed by atoms with van der Waals surface area (Å²) < 4.78 is 11.5. The van der Waals surface area contributed by atoms with Crippen molar-refractivity contribution < 1.29 is 14.3 Å². The van der Waals surface area contributed by atoms with E-state index in [1.807, 2.05) is 36.4 Å². The van der Waals surface area contributed by atoms with Gasteiger partial charge in [0.15, 0.2) is 11.5 Å². The van der Waals surface area contributed by atoms with Crippen LogP contribution in [0, 0.1) is 0 Å². The highest BCUT2D eigenvalue weighted by atomic mass is 79.9. The Morgan fingerprint density at radius 2 is 1.82 bits per heavy atom. The number of ether oxygens (including phenoxy) is 2. The average Bonchev–Trinajstić information content (AvgIpc) is 2.54. The first-order valence-electron chi connectivity index (χ1n) is 6.59. The number of amides is 1. The Kier molecular flexibility index (Phi) is 5.61. The van der Waals surface area contributed by atoms with Gasteiger partial charge in [-0.1, -0.05) is 28.1 Å². The summed E-state index contributed by atoms with van der Waals surface area (Å²) in [6, 6.07) is 12.9. The molecule has 0 spiro atoms. The fraction of sp³-hybridized carbons (Fsp3) is 0.118. The molecule has 0 saturated carbocycles. The maximum Gasteiger partial charge on any atom is 0.248 e. The van der Waals surface area contributed by atoms with E-state index in [0.717, 1.165) is 15.7 Å². The number of hydrogen-bond donors (Lipinski definition) is 1. The fourth-order valence-corrected chi connectivity index (χ4v) is 2.19. The average molecular weight is 362 g/mol. The van der Waals surface area contributed by atoms with Gasteiger partial charge in [-0.2, -0.15) is 0 Å². The molecule has 1 amide bonds. The normalized spacial score (nSPS) is 10.5. The molecule has 0 aliphatic carbocycles. The van der Waals surface area contributed by atoms with Crippen LogP contribution in [0.15, 0.2) is 53.0 Å². The van der Waals surface area contributed by atoms with Crippen LogP contribution in [0.5, 0.6) is 11.5 Å². The highest BCUT2D eigenvalue weighted by molar-refractivity contribution is 9.10. The summed E-state index contributed by atoms with van der Waals surface area (Å²) in [5.41, 5.74) is 1.50. The molecule has 114 valence electrons. The Morgan fingerprint density at radius 1 is 1.09 bits per heavy atom. The Bertz CT molecular complexity index is 681. The van der Waals surface area contributed by atoms with E-state index in [4.69, 9.17) is 9.47 Å². The Balaban J connectivity index is 2.11. The minimum absolute atomic E-state index is 0.216. The number of benzene rings is 2. The molecule has 0 saturated heterocycles. The van der Waals surface area contributed by atoms with Crippen molar-refractivity contribution in [1.29, 1.82) is 0 Å². The molecule has 0 radical (unpaired) electrons. The van der Waals surface area contributed by atoms with Crippen LogP contribution in [0.25, 0.3) is 6.08 Å². The lowest BCUT2D eigenvalue weighted by Gasteiger charge is -2.09. The number of methoxy groups -OCH3 is 2. The highest BCUT2D eigenvalue weighted by Gasteiger charge is 2.07. The van der Waals surface area contributed by atoms with E-state index >= 15 is 0 Å². The fourth-order valence-electron chi connectivity index (χ4n) is 1.93. The minimum atomic E-state index is -0.216. The molecular weight excluding hydrogens is 346 g/mol. The molecule has 0 bridgehead atoms. The molecule has 22 heavy (non-hydrogen) atoms. The predicted octanol–water partition coefficient (Wildman–Crippen LogP) is 4.12. The topological polar surface area (TPSA) is 47.6 Å². The summed E-state index contributed by atoms with van der Waals surface area (Å²) in [5.74, 6) is 1.00. The van der Waals surface area contributed by atoms with Gasteiger partial charge < -0.3 is 14.8 Å². The SMILES string of the molecule is COc1cccc(C=CC(=O)Nc2ccc(Br)cc2)c1OC. The van der Waals surface area contributed by atoms with Crippen molar-refractivity contribution in [3.8, 4) is 11.5 Å². The smallest absolute Gasteiger partial charge is 0.248 e. The third kappa shape index (κ3) is 4.11. The van der Waals surface area contributed by atoms with E-state index in [-0.39, 0.29) is 5.91 Å². The second-order valence-corrected chi connectivity index (χ2v) is 5.33. The molecule has 0 unspecified atom stereocenters. The summed E-state index contributed by atoms with van der Waals surface area (Å²) in [6.45, 7) is 0. The number of rotatable bonds is 5. The second-order valence-electron chi connectivity index (χ2n) is 4.41. The minimum Gasteiger partial charge on any atom is -0.493 e. The molecule has 0 aliphatic rings. The predicted molar refractivity (Wildman–Crippen MR) is 91.4 cm³/mol. The van der Waals surface area contributed by atoms with E-state index in [9.17, 15) is 4.79 Å². The van der Waals surface area contributed by atoms with Gasteiger partial charge in [0, 0.05) is 21.8 Å². The summed E-state index contributed by atoms with van der Waals surface area (Å²) in [5, 5.41) is 2.79. The molecule has 5 heteroatoms. The van der Waals surface area contributed by atoms with Crippen molar-refractivity contribution in [3.05, 3.63) is 58.6 Å². The lowest BCUT2D eigenvalue weighted by atomic mass is 10.1. The maximum atomic E-state index is 11.9. The van der Waals surface area contributed by atoms with Crippen molar-refractivity contribution >= 4 is 33.6 Å². The molecule has 2 rings (SSSR count). The van der Waals surface area contributed by atoms with E-state index in [0.29, 0.717) is 11.5 Å². The van der Waals surface area contributed by atoms with Crippen molar-refractivity contribution in [2.45, 2.75) is 0 Å². The number of para-hydroxylation sites is 1. The molecule has 0 heterocycles. The molecule has 0 aromatic heterocycles. The van der Waals surface area contributed by atoms with Crippen LogP contribution >= 0.6 is 15.9 Å². The zero-order chi connectivity index (χ0) is 15.9. The maximum absolute atomic E-state index is 11.9. The largest absolute Gasteiger partial charge is 0.493 e. The Hall–Kier alpha value is -2.27. The van der Waals surface area contributed by atoms with Crippen molar-refractivity contribution in [1.82, 2.24) is 0 Å². The molecule has 2 aromatic carbocycles. The summed E-state index contributed by atoms with van der Waals surface area (Å²) in [7, 11) is 3.14. The zero-order valence-electron chi connectivity index (χ0n) is 12.3. The van der Waals surface area contributed by atoms with Gasteiger partial charge in [-0.25, -0.2) is 0 Å². The lowest BCUT2D eigenvalue weighted by molar-refractivity contribution is -0.111. The van der Waals surface area contributed by atoms with Crippen molar-refractivity contribution in [3.63, 3.8) is 0 Å². The van der Waals surface area contributed by atoms with Crippen LogP contribution in [0.1, 0.15) is 5.56 Å². The number of carbonyl (C=O) groups is 1. The van der Waals surface area contributed by atoms with Crippen LogP contribution in [-0.2, 0) is 4.79 Å². The van der Waals surface area contributed by atoms with Gasteiger partial charge in [-0.15, -0.1) is 0 Å². The zero-order valence-corrected chi connectivity index (χ0v) is 13.9. The standard InChI is InChI=1S/C17H16BrNO3/c1-21-15-5-3-4-12(17(15)22-2)6-11-16(20)19-14-9-7-13(18)8-10-14/h3-11H,1-2H3,(H,19,20). The molecule has 1 N–H and O–H groups in total. The second kappa shape index (κ2) is 7.66. The van der Waals surface area contributed by atoms with Gasteiger partial charge >= 0.3 is 0 Å².